The van der Waals surface area contributed by atoms with E-state index in [4.69, 9.17) is 0 Å². The van der Waals surface area contributed by atoms with Gasteiger partial charge in [0.1, 0.15) is 0 Å². The van der Waals surface area contributed by atoms with E-state index in [0.29, 0.717) is 11.9 Å². The third-order valence-corrected chi connectivity index (χ3v) is 6.58. The number of carbonyl (C=O) groups excluding carboxylic acids is 1. The standard InChI is InChI=1S/C21H33N5O/c1-2-17-14-22-21(23-15-17)25-12-7-19(8-13-25)26-11-5-6-18(16-26)20(27)24-9-3-4-10-24/h14-15,18-19H,2-13,16H2,1H3/t18-/m0/s1. The van der Waals surface area contributed by atoms with Gasteiger partial charge >= 0.3 is 0 Å². The van der Waals surface area contributed by atoms with Gasteiger partial charge in [0.25, 0.3) is 0 Å². The zero-order valence-electron chi connectivity index (χ0n) is 16.6. The SMILES string of the molecule is CCc1cnc(N2CCC(N3CCC[C@H](C(=O)N4CCCC4)C3)CC2)nc1. The van der Waals surface area contributed by atoms with Crippen molar-refractivity contribution in [2.45, 2.75) is 57.9 Å². The maximum atomic E-state index is 12.8. The highest BCUT2D eigenvalue weighted by Crippen LogP contribution is 2.27. The molecule has 0 N–H and O–H groups in total. The molecular formula is C21H33N5O. The Morgan fingerprint density at radius 3 is 2.37 bits per heavy atom. The van der Waals surface area contributed by atoms with E-state index in [-0.39, 0.29) is 5.92 Å². The Labute approximate surface area is 162 Å². The molecule has 0 radical (unpaired) electrons. The number of aromatic nitrogens is 2. The summed E-state index contributed by atoms with van der Waals surface area (Å²) in [6, 6.07) is 0.602. The van der Waals surface area contributed by atoms with Gasteiger partial charge < -0.3 is 9.80 Å². The number of hydrogen-bond donors (Lipinski definition) is 0. The number of carbonyl (C=O) groups is 1. The molecule has 6 nitrogen and oxygen atoms in total. The van der Waals surface area contributed by atoms with Gasteiger partial charge in [0.05, 0.1) is 5.92 Å². The highest BCUT2D eigenvalue weighted by atomic mass is 16.2. The summed E-state index contributed by atoms with van der Waals surface area (Å²) in [6.07, 6.45) is 11.8. The van der Waals surface area contributed by atoms with Gasteiger partial charge in [-0.05, 0) is 57.1 Å². The molecule has 0 aromatic carbocycles. The molecule has 0 spiro atoms. The number of piperidine rings is 2. The zero-order chi connectivity index (χ0) is 18.6. The predicted molar refractivity (Wildman–Crippen MR) is 107 cm³/mol. The third kappa shape index (κ3) is 4.26. The van der Waals surface area contributed by atoms with E-state index in [9.17, 15) is 4.79 Å². The van der Waals surface area contributed by atoms with E-state index in [1.807, 2.05) is 12.4 Å². The van der Waals surface area contributed by atoms with Crippen molar-refractivity contribution in [2.24, 2.45) is 5.92 Å². The average molecular weight is 372 g/mol. The van der Waals surface area contributed by atoms with Crippen molar-refractivity contribution in [1.82, 2.24) is 19.8 Å². The average Bonchev–Trinajstić information content (AvgIpc) is 3.28. The summed E-state index contributed by atoms with van der Waals surface area (Å²) in [4.78, 5) is 28.9. The van der Waals surface area contributed by atoms with Crippen molar-refractivity contribution >= 4 is 11.9 Å². The molecule has 0 saturated carbocycles. The number of likely N-dealkylation sites (tertiary alicyclic amines) is 2. The van der Waals surface area contributed by atoms with Crippen molar-refractivity contribution in [3.05, 3.63) is 18.0 Å². The molecule has 3 aliphatic heterocycles. The summed E-state index contributed by atoms with van der Waals surface area (Å²) >= 11 is 0. The molecule has 1 amide bonds. The minimum absolute atomic E-state index is 0.222. The van der Waals surface area contributed by atoms with Crippen LogP contribution in [0.25, 0.3) is 0 Å². The van der Waals surface area contributed by atoms with Crippen molar-refractivity contribution in [1.29, 1.82) is 0 Å². The Morgan fingerprint density at radius 2 is 1.70 bits per heavy atom. The molecular weight excluding hydrogens is 338 g/mol. The third-order valence-electron chi connectivity index (χ3n) is 6.58. The molecule has 3 saturated heterocycles. The van der Waals surface area contributed by atoms with E-state index in [1.54, 1.807) is 0 Å². The molecule has 1 atom stereocenters. The molecule has 4 rings (SSSR count). The normalized spacial score (nSPS) is 25.1. The first kappa shape index (κ1) is 18.7. The number of nitrogens with zero attached hydrogens (tertiary/aromatic N) is 5. The Balaban J connectivity index is 1.30. The van der Waals surface area contributed by atoms with Crippen LogP contribution in [0.15, 0.2) is 12.4 Å². The van der Waals surface area contributed by atoms with E-state index < -0.39 is 0 Å². The number of aryl methyl sites for hydroxylation is 1. The lowest BCUT2D eigenvalue weighted by Gasteiger charge is -2.42. The summed E-state index contributed by atoms with van der Waals surface area (Å²) in [7, 11) is 0. The van der Waals surface area contributed by atoms with Crippen LogP contribution in [-0.4, -0.2) is 71.0 Å². The molecule has 1 aromatic heterocycles. The lowest BCUT2D eigenvalue weighted by molar-refractivity contribution is -0.136. The maximum Gasteiger partial charge on any atom is 0.226 e. The second-order valence-corrected chi connectivity index (χ2v) is 8.33. The van der Waals surface area contributed by atoms with E-state index in [1.165, 1.54) is 18.4 Å². The van der Waals surface area contributed by atoms with Gasteiger partial charge in [-0.3, -0.25) is 9.69 Å². The van der Waals surface area contributed by atoms with Crippen molar-refractivity contribution < 1.29 is 4.79 Å². The van der Waals surface area contributed by atoms with Crippen LogP contribution in [-0.2, 0) is 11.2 Å². The maximum absolute atomic E-state index is 12.8. The Kier molecular flexibility index (Phi) is 5.91. The quantitative estimate of drug-likeness (QED) is 0.813. The van der Waals surface area contributed by atoms with Crippen LogP contribution in [0.5, 0.6) is 0 Å². The second-order valence-electron chi connectivity index (χ2n) is 8.33. The van der Waals surface area contributed by atoms with Crippen molar-refractivity contribution in [2.75, 3.05) is 44.2 Å². The van der Waals surface area contributed by atoms with E-state index in [2.05, 4.69) is 31.6 Å². The van der Waals surface area contributed by atoms with Crippen LogP contribution in [0, 0.1) is 5.92 Å². The number of anilines is 1. The van der Waals surface area contributed by atoms with Crippen LogP contribution >= 0.6 is 0 Å². The molecule has 148 valence electrons. The highest BCUT2D eigenvalue weighted by molar-refractivity contribution is 5.79. The lowest BCUT2D eigenvalue weighted by atomic mass is 9.93. The summed E-state index contributed by atoms with van der Waals surface area (Å²) in [5.74, 6) is 1.50. The molecule has 6 heteroatoms. The Morgan fingerprint density at radius 1 is 1.00 bits per heavy atom. The van der Waals surface area contributed by atoms with Gasteiger partial charge in [-0.25, -0.2) is 9.97 Å². The molecule has 1 aromatic rings. The van der Waals surface area contributed by atoms with Crippen LogP contribution in [0.1, 0.15) is 51.0 Å². The van der Waals surface area contributed by atoms with E-state index in [0.717, 1.165) is 77.3 Å². The molecule has 3 aliphatic rings. The van der Waals surface area contributed by atoms with Gasteiger partial charge in [0.15, 0.2) is 0 Å². The molecule has 0 aliphatic carbocycles. The molecule has 0 unspecified atom stereocenters. The van der Waals surface area contributed by atoms with Crippen molar-refractivity contribution in [3.63, 3.8) is 0 Å². The molecule has 4 heterocycles. The first-order chi connectivity index (χ1) is 13.2. The van der Waals surface area contributed by atoms with Gasteiger partial charge in [-0.15, -0.1) is 0 Å². The van der Waals surface area contributed by atoms with E-state index >= 15 is 0 Å². The fraction of sp³-hybridized carbons (Fsp3) is 0.762. The molecule has 3 fully saturated rings. The first-order valence-electron chi connectivity index (χ1n) is 10.8. The minimum Gasteiger partial charge on any atom is -0.342 e. The van der Waals surface area contributed by atoms with Gasteiger partial charge in [-0.2, -0.15) is 0 Å². The fourth-order valence-electron chi connectivity index (χ4n) is 4.86. The monoisotopic (exact) mass is 371 g/mol. The summed E-state index contributed by atoms with van der Waals surface area (Å²) in [5.41, 5.74) is 1.19. The summed E-state index contributed by atoms with van der Waals surface area (Å²) in [6.45, 7) is 8.21. The smallest absolute Gasteiger partial charge is 0.226 e. The van der Waals surface area contributed by atoms with Crippen molar-refractivity contribution in [3.8, 4) is 0 Å². The Hall–Kier alpha value is -1.69. The zero-order valence-corrected chi connectivity index (χ0v) is 16.6. The minimum atomic E-state index is 0.222. The number of hydrogen-bond acceptors (Lipinski definition) is 5. The van der Waals surface area contributed by atoms with Gasteiger partial charge in [0.2, 0.25) is 11.9 Å². The fourth-order valence-corrected chi connectivity index (χ4v) is 4.86. The van der Waals surface area contributed by atoms with Gasteiger partial charge in [0, 0.05) is 51.2 Å². The summed E-state index contributed by atoms with van der Waals surface area (Å²) < 4.78 is 0. The predicted octanol–water partition coefficient (Wildman–Crippen LogP) is 2.34. The molecule has 0 bridgehead atoms. The highest BCUT2D eigenvalue weighted by Gasteiger charge is 2.34. The lowest BCUT2D eigenvalue weighted by Crippen LogP contribution is -2.51. The molecule has 27 heavy (non-hydrogen) atoms. The van der Waals surface area contributed by atoms with Crippen LogP contribution in [0.4, 0.5) is 5.95 Å². The topological polar surface area (TPSA) is 52.6 Å². The van der Waals surface area contributed by atoms with Crippen LogP contribution < -0.4 is 4.90 Å². The Bertz CT molecular complexity index is 620. The number of rotatable bonds is 4. The summed E-state index contributed by atoms with van der Waals surface area (Å²) in [5, 5.41) is 0. The van der Waals surface area contributed by atoms with Crippen LogP contribution in [0.2, 0.25) is 0 Å². The van der Waals surface area contributed by atoms with Crippen LogP contribution in [0.3, 0.4) is 0 Å². The first-order valence-corrected chi connectivity index (χ1v) is 10.8. The number of amides is 1. The largest absolute Gasteiger partial charge is 0.342 e. The van der Waals surface area contributed by atoms with Gasteiger partial charge in [-0.1, -0.05) is 6.92 Å². The second kappa shape index (κ2) is 8.55.